The van der Waals surface area contributed by atoms with Crippen molar-refractivity contribution in [3.05, 3.63) is 78.4 Å². The summed E-state index contributed by atoms with van der Waals surface area (Å²) >= 11 is 0. The van der Waals surface area contributed by atoms with E-state index >= 15 is 0 Å². The van der Waals surface area contributed by atoms with E-state index in [9.17, 15) is 18.0 Å². The molecule has 3 rings (SSSR count). The van der Waals surface area contributed by atoms with Crippen molar-refractivity contribution in [1.82, 2.24) is 14.9 Å². The summed E-state index contributed by atoms with van der Waals surface area (Å²) in [4.78, 5) is 24.6. The van der Waals surface area contributed by atoms with E-state index in [0.717, 1.165) is 12.8 Å². The number of aryl methyl sites for hydroxylation is 1. The van der Waals surface area contributed by atoms with Gasteiger partial charge in [-0.2, -0.15) is 4.31 Å². The molecule has 0 aliphatic carbocycles. The van der Waals surface area contributed by atoms with Gasteiger partial charge in [0.05, 0.1) is 10.4 Å². The van der Waals surface area contributed by atoms with Crippen LogP contribution in [-0.4, -0.2) is 48.2 Å². The van der Waals surface area contributed by atoms with Gasteiger partial charge in [0.2, 0.25) is 15.9 Å². The molecule has 188 valence electrons. The van der Waals surface area contributed by atoms with Crippen LogP contribution >= 0.6 is 0 Å². The number of carbonyl (C=O) groups is 2. The molecule has 0 spiro atoms. The lowest BCUT2D eigenvalue weighted by molar-refractivity contribution is -0.117. The summed E-state index contributed by atoms with van der Waals surface area (Å²) in [5, 5.41) is 5.76. The summed E-state index contributed by atoms with van der Waals surface area (Å²) in [6.07, 6.45) is 3.33. The Labute approximate surface area is 208 Å². The van der Waals surface area contributed by atoms with Gasteiger partial charge in [0.15, 0.2) is 0 Å². The van der Waals surface area contributed by atoms with Gasteiger partial charge in [0, 0.05) is 23.7 Å². The van der Waals surface area contributed by atoms with Crippen LogP contribution in [0.5, 0.6) is 0 Å². The van der Waals surface area contributed by atoms with E-state index in [1.807, 2.05) is 45.9 Å². The number of benzene rings is 2. The Hall–Kier alpha value is -2.97. The van der Waals surface area contributed by atoms with Crippen LogP contribution in [0, 0.1) is 0 Å². The van der Waals surface area contributed by atoms with E-state index in [1.165, 1.54) is 40.2 Å². The van der Waals surface area contributed by atoms with Crippen molar-refractivity contribution >= 4 is 21.8 Å². The molecule has 2 aromatic rings. The lowest BCUT2D eigenvalue weighted by Gasteiger charge is -2.40. The largest absolute Gasteiger partial charge is 0.352 e. The van der Waals surface area contributed by atoms with Crippen molar-refractivity contribution < 1.29 is 18.0 Å². The molecule has 35 heavy (non-hydrogen) atoms. The molecule has 7 nitrogen and oxygen atoms in total. The van der Waals surface area contributed by atoms with Crippen molar-refractivity contribution in [2.75, 3.05) is 6.54 Å². The maximum absolute atomic E-state index is 13.7. The summed E-state index contributed by atoms with van der Waals surface area (Å²) in [7, 11) is -3.90. The normalized spacial score (nSPS) is 19.1. The molecular weight excluding hydrogens is 462 g/mol. The molecule has 0 radical (unpaired) electrons. The molecule has 1 aliphatic heterocycles. The van der Waals surface area contributed by atoms with Gasteiger partial charge in [-0.1, -0.05) is 36.9 Å². The smallest absolute Gasteiger partial charge is 0.251 e. The van der Waals surface area contributed by atoms with Crippen molar-refractivity contribution in [2.24, 2.45) is 0 Å². The van der Waals surface area contributed by atoms with Crippen molar-refractivity contribution in [2.45, 2.75) is 69.0 Å². The first-order valence-electron chi connectivity index (χ1n) is 11.8. The van der Waals surface area contributed by atoms with Gasteiger partial charge in [-0.15, -0.1) is 0 Å². The number of hydrogen-bond donors (Lipinski definition) is 2. The average molecular weight is 498 g/mol. The number of nitrogens with one attached hydrogen (secondary N) is 2. The van der Waals surface area contributed by atoms with Gasteiger partial charge in [-0.3, -0.25) is 9.59 Å². The summed E-state index contributed by atoms with van der Waals surface area (Å²) in [6.45, 7) is 11.3. The molecule has 1 atom stereocenters. The van der Waals surface area contributed by atoms with Crippen molar-refractivity contribution in [1.29, 1.82) is 0 Å². The monoisotopic (exact) mass is 497 g/mol. The molecule has 0 saturated carbocycles. The highest BCUT2D eigenvalue weighted by Gasteiger charge is 2.57. The minimum atomic E-state index is -3.90. The Morgan fingerprint density at radius 1 is 1.06 bits per heavy atom. The number of sulfonamides is 1. The zero-order valence-electron chi connectivity index (χ0n) is 20.9. The minimum Gasteiger partial charge on any atom is -0.352 e. The van der Waals surface area contributed by atoms with E-state index in [2.05, 4.69) is 29.3 Å². The molecule has 1 aliphatic rings. The molecule has 1 saturated heterocycles. The van der Waals surface area contributed by atoms with E-state index < -0.39 is 21.1 Å². The number of carbonyl (C=O) groups excluding carboxylic acids is 2. The van der Waals surface area contributed by atoms with E-state index in [0.29, 0.717) is 18.5 Å². The Bertz CT molecular complexity index is 1170. The molecule has 0 aromatic heterocycles. The van der Waals surface area contributed by atoms with Gasteiger partial charge in [-0.05, 0) is 82.9 Å². The highest BCUT2D eigenvalue weighted by Crippen LogP contribution is 2.44. The van der Waals surface area contributed by atoms with Crippen LogP contribution in [-0.2, 0) is 21.2 Å². The summed E-state index contributed by atoms with van der Waals surface area (Å²) < 4.78 is 28.8. The van der Waals surface area contributed by atoms with Crippen molar-refractivity contribution in [3.63, 3.8) is 0 Å². The topological polar surface area (TPSA) is 95.6 Å². The third-order valence-corrected chi connectivity index (χ3v) is 8.87. The van der Waals surface area contributed by atoms with E-state index in [1.54, 1.807) is 0 Å². The van der Waals surface area contributed by atoms with Gasteiger partial charge in [0.25, 0.3) is 5.91 Å². The Kier molecular flexibility index (Phi) is 7.87. The molecular formula is C27H35N3O4S. The highest BCUT2D eigenvalue weighted by molar-refractivity contribution is 7.89. The van der Waals surface area contributed by atoms with E-state index in [4.69, 9.17) is 0 Å². The second-order valence-electron chi connectivity index (χ2n) is 10.1. The van der Waals surface area contributed by atoms with Crippen LogP contribution in [0.15, 0.2) is 72.1 Å². The van der Waals surface area contributed by atoms with Gasteiger partial charge < -0.3 is 10.6 Å². The second-order valence-corrected chi connectivity index (χ2v) is 11.9. The molecule has 8 heteroatoms. The zero-order chi connectivity index (χ0) is 25.9. The first-order chi connectivity index (χ1) is 16.4. The number of hydrogen-bond acceptors (Lipinski definition) is 4. The fourth-order valence-electron chi connectivity index (χ4n) is 4.97. The predicted molar refractivity (Wildman–Crippen MR) is 137 cm³/mol. The second kappa shape index (κ2) is 10.3. The zero-order valence-corrected chi connectivity index (χ0v) is 21.7. The first-order valence-corrected chi connectivity index (χ1v) is 13.2. The molecule has 1 unspecified atom stereocenters. The Balaban J connectivity index is 1.69. The Morgan fingerprint density at radius 3 is 2.29 bits per heavy atom. The minimum absolute atomic E-state index is 0.106. The SMILES string of the molecule is C=CC(=O)NC1CC(C)(C)N(S(=O)(=O)c2ccc(C(=O)NCCCc3ccccc3)cc2)C1(C)C. The summed E-state index contributed by atoms with van der Waals surface area (Å²) in [5.41, 5.74) is 0.0292. The fraction of sp³-hybridized carbons (Fsp3) is 0.407. The third kappa shape index (κ3) is 5.82. The van der Waals surface area contributed by atoms with Gasteiger partial charge in [-0.25, -0.2) is 8.42 Å². The highest BCUT2D eigenvalue weighted by atomic mass is 32.2. The molecule has 2 N–H and O–H groups in total. The van der Waals surface area contributed by atoms with Gasteiger partial charge >= 0.3 is 0 Å². The fourth-order valence-corrected chi connectivity index (χ4v) is 7.13. The molecule has 0 bridgehead atoms. The number of rotatable bonds is 9. The van der Waals surface area contributed by atoms with Crippen LogP contribution in [0.25, 0.3) is 0 Å². The maximum atomic E-state index is 13.7. The average Bonchev–Trinajstić information content (AvgIpc) is 3.00. The molecule has 1 fully saturated rings. The van der Waals surface area contributed by atoms with Crippen LogP contribution in [0.1, 0.15) is 56.5 Å². The van der Waals surface area contributed by atoms with Gasteiger partial charge in [0.1, 0.15) is 0 Å². The van der Waals surface area contributed by atoms with Crippen LogP contribution in [0.3, 0.4) is 0 Å². The quantitative estimate of drug-likeness (QED) is 0.408. The molecule has 1 heterocycles. The molecule has 2 amide bonds. The number of amides is 2. The maximum Gasteiger partial charge on any atom is 0.251 e. The lowest BCUT2D eigenvalue weighted by Crippen LogP contribution is -2.56. The van der Waals surface area contributed by atoms with Crippen molar-refractivity contribution in [3.8, 4) is 0 Å². The standard InChI is InChI=1S/C27H35N3O4S/c1-6-24(31)29-23-19-26(2,3)30(27(23,4)5)35(33,34)22-16-14-21(15-17-22)25(32)28-18-10-13-20-11-8-7-9-12-20/h6-9,11-12,14-17,23H,1,10,13,18-19H2,2-5H3,(H,28,32)(H,29,31). The van der Waals surface area contributed by atoms with Crippen LogP contribution in [0.2, 0.25) is 0 Å². The predicted octanol–water partition coefficient (Wildman–Crippen LogP) is 3.67. The first kappa shape index (κ1) is 26.6. The van der Waals surface area contributed by atoms with Crippen LogP contribution in [0.4, 0.5) is 0 Å². The third-order valence-electron chi connectivity index (χ3n) is 6.56. The van der Waals surface area contributed by atoms with Crippen LogP contribution < -0.4 is 10.6 Å². The molecule has 2 aromatic carbocycles. The Morgan fingerprint density at radius 2 is 1.69 bits per heavy atom. The lowest BCUT2D eigenvalue weighted by atomic mass is 9.94. The number of nitrogens with zero attached hydrogens (tertiary/aromatic N) is 1. The summed E-state index contributed by atoms with van der Waals surface area (Å²) in [5.74, 6) is -0.576. The van der Waals surface area contributed by atoms with E-state index in [-0.39, 0.29) is 22.8 Å². The summed E-state index contributed by atoms with van der Waals surface area (Å²) in [6, 6.07) is 15.7.